The molecule has 3 nitrogen and oxygen atoms in total. The first-order chi connectivity index (χ1) is 11.5. The number of benzene rings is 2. The Bertz CT molecular complexity index is 860. The molecule has 0 aliphatic rings. The van der Waals surface area contributed by atoms with Crippen molar-refractivity contribution in [2.45, 2.75) is 11.5 Å². The third kappa shape index (κ3) is 4.04. The molecule has 0 fully saturated rings. The van der Waals surface area contributed by atoms with Crippen molar-refractivity contribution in [3.05, 3.63) is 75.8 Å². The van der Waals surface area contributed by atoms with E-state index in [-0.39, 0.29) is 22.1 Å². The molecule has 0 N–H and O–H groups in total. The molecule has 0 radical (unpaired) electrons. The first-order valence-corrected chi connectivity index (χ1v) is 9.25. The van der Waals surface area contributed by atoms with Crippen LogP contribution in [-0.2, 0) is 22.3 Å². The van der Waals surface area contributed by atoms with Gasteiger partial charge < -0.3 is 4.42 Å². The molecule has 1 heterocycles. The molecular weight excluding hydrogens is 372 g/mol. The Labute approximate surface area is 150 Å². The minimum atomic E-state index is -1.36. The van der Waals surface area contributed by atoms with Gasteiger partial charge >= 0.3 is 0 Å². The lowest BCUT2D eigenvalue weighted by atomic mass is 10.2. The number of halogens is 3. The number of nitrogens with zero attached hydrogens (tertiary/aromatic N) is 1. The SMILES string of the molecule is O=S(Cc1coc(-c2ccc(Cl)cc2)n1)Cc1c(F)cccc1Cl. The van der Waals surface area contributed by atoms with Gasteiger partial charge in [-0.15, -0.1) is 0 Å². The van der Waals surface area contributed by atoms with Crippen LogP contribution < -0.4 is 0 Å². The summed E-state index contributed by atoms with van der Waals surface area (Å²) < 4.78 is 31.4. The van der Waals surface area contributed by atoms with E-state index in [1.807, 2.05) is 0 Å². The number of hydrogen-bond donors (Lipinski definition) is 0. The zero-order valence-electron chi connectivity index (χ0n) is 12.3. The Balaban J connectivity index is 1.70. The summed E-state index contributed by atoms with van der Waals surface area (Å²) in [5, 5.41) is 0.888. The second-order valence-electron chi connectivity index (χ2n) is 5.08. The Morgan fingerprint density at radius 1 is 1.08 bits per heavy atom. The van der Waals surface area contributed by atoms with Crippen LogP contribution in [0.3, 0.4) is 0 Å². The summed E-state index contributed by atoms with van der Waals surface area (Å²) in [5.41, 5.74) is 1.55. The average Bonchev–Trinajstić information content (AvgIpc) is 3.00. The van der Waals surface area contributed by atoms with Crippen molar-refractivity contribution in [3.8, 4) is 11.5 Å². The molecule has 0 amide bonds. The van der Waals surface area contributed by atoms with Crippen LogP contribution in [-0.4, -0.2) is 9.19 Å². The number of aromatic nitrogens is 1. The topological polar surface area (TPSA) is 43.1 Å². The fourth-order valence-electron chi connectivity index (χ4n) is 2.15. The molecule has 0 saturated heterocycles. The van der Waals surface area contributed by atoms with Crippen LogP contribution in [0.25, 0.3) is 11.5 Å². The van der Waals surface area contributed by atoms with Crippen LogP contribution in [0.4, 0.5) is 4.39 Å². The molecule has 7 heteroatoms. The van der Waals surface area contributed by atoms with E-state index in [1.165, 1.54) is 18.4 Å². The van der Waals surface area contributed by atoms with Crippen LogP contribution in [0.2, 0.25) is 10.0 Å². The average molecular weight is 384 g/mol. The van der Waals surface area contributed by atoms with E-state index in [1.54, 1.807) is 30.3 Å². The van der Waals surface area contributed by atoms with Crippen LogP contribution in [0.1, 0.15) is 11.3 Å². The van der Waals surface area contributed by atoms with Crippen molar-refractivity contribution in [1.82, 2.24) is 4.98 Å². The van der Waals surface area contributed by atoms with Gasteiger partial charge in [0, 0.05) is 32.0 Å². The number of oxazole rings is 1. The Kier molecular flexibility index (Phi) is 5.33. The second kappa shape index (κ2) is 7.47. The molecule has 3 rings (SSSR count). The highest BCUT2D eigenvalue weighted by molar-refractivity contribution is 7.83. The summed E-state index contributed by atoms with van der Waals surface area (Å²) in [4.78, 5) is 4.31. The maximum Gasteiger partial charge on any atom is 0.226 e. The first-order valence-electron chi connectivity index (χ1n) is 7.01. The van der Waals surface area contributed by atoms with Crippen LogP contribution >= 0.6 is 23.2 Å². The number of rotatable bonds is 5. The van der Waals surface area contributed by atoms with Gasteiger partial charge in [-0.3, -0.25) is 4.21 Å². The van der Waals surface area contributed by atoms with Crippen molar-refractivity contribution < 1.29 is 13.0 Å². The quantitative estimate of drug-likeness (QED) is 0.605. The Hall–Kier alpha value is -1.69. The van der Waals surface area contributed by atoms with Gasteiger partial charge in [-0.05, 0) is 36.4 Å². The summed E-state index contributed by atoms with van der Waals surface area (Å²) in [6.45, 7) is 0. The van der Waals surface area contributed by atoms with Gasteiger partial charge in [0.2, 0.25) is 5.89 Å². The third-order valence-electron chi connectivity index (χ3n) is 3.32. The molecule has 2 aromatic carbocycles. The third-order valence-corrected chi connectivity index (χ3v) is 5.15. The van der Waals surface area contributed by atoms with Crippen molar-refractivity contribution in [3.63, 3.8) is 0 Å². The summed E-state index contributed by atoms with van der Waals surface area (Å²) in [6.07, 6.45) is 1.45. The van der Waals surface area contributed by atoms with E-state index < -0.39 is 16.6 Å². The highest BCUT2D eigenvalue weighted by Crippen LogP contribution is 2.23. The molecule has 1 unspecified atom stereocenters. The Morgan fingerprint density at radius 2 is 1.83 bits per heavy atom. The molecule has 0 saturated carbocycles. The van der Waals surface area contributed by atoms with Crippen molar-refractivity contribution >= 4 is 34.0 Å². The van der Waals surface area contributed by atoms with E-state index in [2.05, 4.69) is 4.98 Å². The van der Waals surface area contributed by atoms with Gasteiger partial charge in [-0.25, -0.2) is 9.37 Å². The predicted molar refractivity (Wildman–Crippen MR) is 93.9 cm³/mol. The number of hydrogen-bond acceptors (Lipinski definition) is 3. The molecule has 0 aliphatic carbocycles. The molecule has 0 aliphatic heterocycles. The fourth-order valence-corrected chi connectivity index (χ4v) is 3.76. The minimum Gasteiger partial charge on any atom is -0.444 e. The molecule has 3 aromatic rings. The van der Waals surface area contributed by atoms with Gasteiger partial charge in [0.1, 0.15) is 12.1 Å². The summed E-state index contributed by atoms with van der Waals surface area (Å²) >= 11 is 11.8. The van der Waals surface area contributed by atoms with E-state index in [0.29, 0.717) is 16.6 Å². The second-order valence-corrected chi connectivity index (χ2v) is 7.38. The van der Waals surface area contributed by atoms with E-state index in [4.69, 9.17) is 27.6 Å². The lowest BCUT2D eigenvalue weighted by Gasteiger charge is -2.04. The molecule has 0 bridgehead atoms. The normalized spacial score (nSPS) is 12.3. The molecule has 1 aromatic heterocycles. The zero-order valence-corrected chi connectivity index (χ0v) is 14.7. The van der Waals surface area contributed by atoms with Gasteiger partial charge in [0.15, 0.2) is 0 Å². The maximum atomic E-state index is 13.7. The monoisotopic (exact) mass is 383 g/mol. The van der Waals surface area contributed by atoms with Crippen molar-refractivity contribution in [2.24, 2.45) is 0 Å². The molecule has 124 valence electrons. The highest BCUT2D eigenvalue weighted by atomic mass is 35.5. The Morgan fingerprint density at radius 3 is 2.54 bits per heavy atom. The van der Waals surface area contributed by atoms with Crippen LogP contribution in [0.15, 0.2) is 53.1 Å². The standard InChI is InChI=1S/C17H12Cl2FNO2S/c18-12-6-4-11(5-7-12)17-21-13(8-23-17)9-24(22)10-14-15(19)2-1-3-16(14)20/h1-8H,9-10H2. The van der Waals surface area contributed by atoms with Gasteiger partial charge in [-0.1, -0.05) is 29.3 Å². The van der Waals surface area contributed by atoms with Gasteiger partial charge in [0.25, 0.3) is 0 Å². The molecule has 24 heavy (non-hydrogen) atoms. The summed E-state index contributed by atoms with van der Waals surface area (Å²) in [5.74, 6) is 0.136. The largest absolute Gasteiger partial charge is 0.444 e. The van der Waals surface area contributed by atoms with Gasteiger partial charge in [-0.2, -0.15) is 0 Å². The summed E-state index contributed by atoms with van der Waals surface area (Å²) in [7, 11) is -1.36. The van der Waals surface area contributed by atoms with Crippen molar-refractivity contribution in [1.29, 1.82) is 0 Å². The lowest BCUT2D eigenvalue weighted by Crippen LogP contribution is -2.02. The van der Waals surface area contributed by atoms with Gasteiger partial charge in [0.05, 0.1) is 17.2 Å². The fraction of sp³-hybridized carbons (Fsp3) is 0.118. The molecule has 1 atom stereocenters. The van der Waals surface area contributed by atoms with Crippen LogP contribution in [0.5, 0.6) is 0 Å². The zero-order chi connectivity index (χ0) is 17.1. The lowest BCUT2D eigenvalue weighted by molar-refractivity contribution is 0.573. The molecular formula is C17H12Cl2FNO2S. The van der Waals surface area contributed by atoms with E-state index in [0.717, 1.165) is 5.56 Å². The predicted octanol–water partition coefficient (Wildman–Crippen LogP) is 5.24. The molecule has 0 spiro atoms. The van der Waals surface area contributed by atoms with Crippen LogP contribution in [0, 0.1) is 5.82 Å². The van der Waals surface area contributed by atoms with E-state index >= 15 is 0 Å². The first kappa shape index (κ1) is 17.1. The van der Waals surface area contributed by atoms with Crippen molar-refractivity contribution in [2.75, 3.05) is 0 Å². The van der Waals surface area contributed by atoms with E-state index in [9.17, 15) is 8.60 Å². The minimum absolute atomic E-state index is 0.0225. The highest BCUT2D eigenvalue weighted by Gasteiger charge is 2.14. The maximum absolute atomic E-state index is 13.7. The smallest absolute Gasteiger partial charge is 0.226 e. The summed E-state index contributed by atoms with van der Waals surface area (Å²) in [6, 6.07) is 11.4.